The lowest BCUT2D eigenvalue weighted by Gasteiger charge is -2.06. The molecular weight excluding hydrogens is 240 g/mol. The van der Waals surface area contributed by atoms with E-state index in [4.69, 9.17) is 4.74 Å². The molecule has 3 aromatic rings. The lowest BCUT2D eigenvalue weighted by Crippen LogP contribution is -2.11. The number of H-pyrrole nitrogens is 1. The first-order valence-corrected chi connectivity index (χ1v) is 5.91. The van der Waals surface area contributed by atoms with E-state index in [0.717, 1.165) is 22.2 Å². The van der Waals surface area contributed by atoms with Crippen LogP contribution >= 0.6 is 0 Å². The lowest BCUT2D eigenvalue weighted by atomic mass is 10.1. The molecule has 3 rings (SSSR count). The van der Waals surface area contributed by atoms with Gasteiger partial charge >= 0.3 is 5.69 Å². The van der Waals surface area contributed by atoms with Crippen LogP contribution in [0.3, 0.4) is 0 Å². The number of ether oxygens (including phenoxy) is 1. The molecule has 1 heterocycles. The van der Waals surface area contributed by atoms with Crippen LogP contribution in [-0.2, 0) is 0 Å². The summed E-state index contributed by atoms with van der Waals surface area (Å²) in [6.07, 6.45) is 0. The van der Waals surface area contributed by atoms with Crippen molar-refractivity contribution in [2.45, 2.75) is 0 Å². The van der Waals surface area contributed by atoms with E-state index in [9.17, 15) is 4.79 Å². The third-order valence-corrected chi connectivity index (χ3v) is 2.98. The summed E-state index contributed by atoms with van der Waals surface area (Å²) >= 11 is 0. The van der Waals surface area contributed by atoms with Gasteiger partial charge in [0, 0.05) is 10.9 Å². The molecular formula is C15H12N2O2. The van der Waals surface area contributed by atoms with Crippen LogP contribution in [0.15, 0.2) is 53.3 Å². The van der Waals surface area contributed by atoms with Gasteiger partial charge in [-0.1, -0.05) is 30.3 Å². The molecule has 1 aromatic heterocycles. The van der Waals surface area contributed by atoms with Gasteiger partial charge in [0.05, 0.1) is 18.3 Å². The monoisotopic (exact) mass is 252 g/mol. The summed E-state index contributed by atoms with van der Waals surface area (Å²) in [7, 11) is 1.61. The molecule has 0 bridgehead atoms. The third-order valence-electron chi connectivity index (χ3n) is 2.98. The molecule has 0 aliphatic carbocycles. The maximum absolute atomic E-state index is 11.6. The number of benzene rings is 2. The molecule has 4 nitrogen and oxygen atoms in total. The van der Waals surface area contributed by atoms with E-state index in [1.165, 1.54) is 0 Å². The highest BCUT2D eigenvalue weighted by atomic mass is 16.5. The molecule has 0 aliphatic rings. The Morgan fingerprint density at radius 1 is 1.11 bits per heavy atom. The van der Waals surface area contributed by atoms with Gasteiger partial charge in [-0.25, -0.2) is 4.79 Å². The van der Waals surface area contributed by atoms with Crippen LogP contribution < -0.4 is 10.4 Å². The molecule has 0 spiro atoms. The van der Waals surface area contributed by atoms with Gasteiger partial charge < -0.3 is 9.72 Å². The number of aromatic amines is 1. The lowest BCUT2D eigenvalue weighted by molar-refractivity contribution is 0.415. The Labute approximate surface area is 109 Å². The van der Waals surface area contributed by atoms with Gasteiger partial charge in [0.1, 0.15) is 5.75 Å². The standard InChI is InChI=1S/C15H12N2O2/c1-19-11-6-4-5-10(9-11)14-12-7-2-3-8-13(12)16-15(18)17-14/h2-9H,1H3,(H,16,17,18). The third kappa shape index (κ3) is 2.08. The first-order chi connectivity index (χ1) is 9.28. The van der Waals surface area contributed by atoms with Gasteiger partial charge in [-0.15, -0.1) is 0 Å². The molecule has 0 saturated heterocycles. The van der Waals surface area contributed by atoms with E-state index in [1.807, 2.05) is 48.5 Å². The van der Waals surface area contributed by atoms with Crippen LogP contribution in [0.4, 0.5) is 0 Å². The summed E-state index contributed by atoms with van der Waals surface area (Å²) in [4.78, 5) is 18.4. The van der Waals surface area contributed by atoms with Crippen molar-refractivity contribution in [2.75, 3.05) is 7.11 Å². The van der Waals surface area contributed by atoms with Gasteiger partial charge in [-0.2, -0.15) is 4.98 Å². The first-order valence-electron chi connectivity index (χ1n) is 5.91. The van der Waals surface area contributed by atoms with Crippen LogP contribution in [0, 0.1) is 0 Å². The molecule has 0 radical (unpaired) electrons. The Balaban J connectivity index is 2.32. The highest BCUT2D eigenvalue weighted by Crippen LogP contribution is 2.26. The van der Waals surface area contributed by atoms with Crippen molar-refractivity contribution < 1.29 is 4.74 Å². The van der Waals surface area contributed by atoms with Crippen molar-refractivity contribution >= 4 is 10.9 Å². The Kier molecular flexibility index (Phi) is 2.76. The molecule has 19 heavy (non-hydrogen) atoms. The minimum absolute atomic E-state index is 0.350. The zero-order chi connectivity index (χ0) is 13.2. The topological polar surface area (TPSA) is 55.0 Å². The van der Waals surface area contributed by atoms with E-state index < -0.39 is 0 Å². The number of hydrogen-bond acceptors (Lipinski definition) is 3. The molecule has 0 atom stereocenters. The van der Waals surface area contributed by atoms with Crippen molar-refractivity contribution in [1.29, 1.82) is 0 Å². The second-order valence-electron chi connectivity index (χ2n) is 4.17. The minimum atomic E-state index is -0.350. The fraction of sp³-hybridized carbons (Fsp3) is 0.0667. The minimum Gasteiger partial charge on any atom is -0.497 e. The number of fused-ring (bicyclic) bond motifs is 1. The predicted octanol–water partition coefficient (Wildman–Crippen LogP) is 2.60. The molecule has 0 amide bonds. The van der Waals surface area contributed by atoms with E-state index in [-0.39, 0.29) is 5.69 Å². The molecule has 0 unspecified atom stereocenters. The van der Waals surface area contributed by atoms with Crippen molar-refractivity contribution in [3.8, 4) is 17.0 Å². The summed E-state index contributed by atoms with van der Waals surface area (Å²) in [5, 5.41) is 0.912. The van der Waals surface area contributed by atoms with Gasteiger partial charge in [-0.05, 0) is 18.2 Å². The highest BCUT2D eigenvalue weighted by molar-refractivity contribution is 5.92. The zero-order valence-electron chi connectivity index (χ0n) is 10.4. The number of methoxy groups -OCH3 is 1. The number of aromatic nitrogens is 2. The van der Waals surface area contributed by atoms with Crippen LogP contribution in [0.2, 0.25) is 0 Å². The SMILES string of the molecule is COc1cccc(-c2nc(=O)[nH]c3ccccc23)c1. The Bertz CT molecular complexity index is 793. The van der Waals surface area contributed by atoms with E-state index in [0.29, 0.717) is 5.69 Å². The fourth-order valence-electron chi connectivity index (χ4n) is 2.09. The second-order valence-corrected chi connectivity index (χ2v) is 4.17. The second kappa shape index (κ2) is 4.57. The molecule has 0 aliphatic heterocycles. The summed E-state index contributed by atoms with van der Waals surface area (Å²) in [5.74, 6) is 0.740. The molecule has 4 heteroatoms. The quantitative estimate of drug-likeness (QED) is 0.762. The molecule has 0 saturated carbocycles. The average Bonchev–Trinajstić information content (AvgIpc) is 2.46. The van der Waals surface area contributed by atoms with E-state index in [2.05, 4.69) is 9.97 Å². The Morgan fingerprint density at radius 2 is 1.95 bits per heavy atom. The normalized spacial score (nSPS) is 10.6. The number of para-hydroxylation sites is 1. The fourth-order valence-corrected chi connectivity index (χ4v) is 2.09. The van der Waals surface area contributed by atoms with Crippen LogP contribution in [0.1, 0.15) is 0 Å². The number of nitrogens with one attached hydrogen (secondary N) is 1. The summed E-state index contributed by atoms with van der Waals surface area (Å²) in [6, 6.07) is 15.1. The van der Waals surface area contributed by atoms with Crippen molar-refractivity contribution in [3.63, 3.8) is 0 Å². The summed E-state index contributed by atoms with van der Waals surface area (Å²) in [6.45, 7) is 0. The van der Waals surface area contributed by atoms with Crippen LogP contribution in [-0.4, -0.2) is 17.1 Å². The maximum atomic E-state index is 11.6. The Hall–Kier alpha value is -2.62. The molecule has 2 aromatic carbocycles. The zero-order valence-corrected chi connectivity index (χ0v) is 10.4. The van der Waals surface area contributed by atoms with Gasteiger partial charge in [0.15, 0.2) is 0 Å². The van der Waals surface area contributed by atoms with Crippen molar-refractivity contribution in [2.24, 2.45) is 0 Å². The first kappa shape index (κ1) is 11.5. The largest absolute Gasteiger partial charge is 0.497 e. The van der Waals surface area contributed by atoms with E-state index in [1.54, 1.807) is 7.11 Å². The van der Waals surface area contributed by atoms with Crippen molar-refractivity contribution in [1.82, 2.24) is 9.97 Å². The van der Waals surface area contributed by atoms with Gasteiger partial charge in [0.25, 0.3) is 0 Å². The van der Waals surface area contributed by atoms with Crippen molar-refractivity contribution in [3.05, 3.63) is 59.0 Å². The summed E-state index contributed by atoms with van der Waals surface area (Å²) in [5.41, 5.74) is 1.96. The smallest absolute Gasteiger partial charge is 0.345 e. The molecule has 1 N–H and O–H groups in total. The Morgan fingerprint density at radius 3 is 2.79 bits per heavy atom. The maximum Gasteiger partial charge on any atom is 0.345 e. The predicted molar refractivity (Wildman–Crippen MR) is 74.4 cm³/mol. The van der Waals surface area contributed by atoms with E-state index >= 15 is 0 Å². The number of hydrogen-bond donors (Lipinski definition) is 1. The van der Waals surface area contributed by atoms with Crippen LogP contribution in [0.5, 0.6) is 5.75 Å². The molecule has 0 fully saturated rings. The van der Waals surface area contributed by atoms with Crippen LogP contribution in [0.25, 0.3) is 22.2 Å². The van der Waals surface area contributed by atoms with Gasteiger partial charge in [-0.3, -0.25) is 0 Å². The number of rotatable bonds is 2. The average molecular weight is 252 g/mol. The van der Waals surface area contributed by atoms with Gasteiger partial charge in [0.2, 0.25) is 0 Å². The number of nitrogens with zero attached hydrogens (tertiary/aromatic N) is 1. The molecule has 94 valence electrons. The highest BCUT2D eigenvalue weighted by Gasteiger charge is 2.07. The summed E-state index contributed by atoms with van der Waals surface area (Å²) < 4.78 is 5.20.